The first-order chi connectivity index (χ1) is 14.5. The number of amides is 1. The number of carbonyl (C=O) groups is 1. The van der Waals surface area contributed by atoms with Crippen LogP contribution in [0.2, 0.25) is 0 Å². The number of carbonyl (C=O) groups excluding carboxylic acids is 1. The molecule has 156 valence electrons. The van der Waals surface area contributed by atoms with Gasteiger partial charge in [0.05, 0.1) is 31.2 Å². The Hall–Kier alpha value is -3.35. The second-order valence-corrected chi connectivity index (χ2v) is 7.29. The van der Waals surface area contributed by atoms with Crippen molar-refractivity contribution in [2.75, 3.05) is 14.2 Å². The van der Waals surface area contributed by atoms with Crippen molar-refractivity contribution in [2.45, 2.75) is 32.4 Å². The summed E-state index contributed by atoms with van der Waals surface area (Å²) in [5.41, 5.74) is 1.99. The number of nitrogens with zero attached hydrogens (tertiary/aromatic N) is 1. The lowest BCUT2D eigenvalue weighted by Crippen LogP contribution is -2.30. The first kappa shape index (κ1) is 19.9. The first-order valence-electron chi connectivity index (χ1n) is 9.85. The fourth-order valence-corrected chi connectivity index (χ4v) is 4.09. The molecule has 30 heavy (non-hydrogen) atoms. The van der Waals surface area contributed by atoms with Crippen LogP contribution < -0.4 is 20.3 Å². The largest absolute Gasteiger partial charge is 0.493 e. The summed E-state index contributed by atoms with van der Waals surface area (Å²) in [6.45, 7) is 2.26. The lowest BCUT2D eigenvalue weighted by atomic mass is 10.0. The summed E-state index contributed by atoms with van der Waals surface area (Å²) in [7, 11) is 3.00. The van der Waals surface area contributed by atoms with Crippen molar-refractivity contribution in [2.24, 2.45) is 0 Å². The minimum atomic E-state index is -0.323. The molecule has 1 N–H and O–H groups in total. The highest BCUT2D eigenvalue weighted by atomic mass is 19.1. The predicted molar refractivity (Wildman–Crippen MR) is 112 cm³/mol. The monoisotopic (exact) mass is 410 g/mol. The molecular weight excluding hydrogens is 387 g/mol. The molecule has 0 saturated carbocycles. The van der Waals surface area contributed by atoms with Crippen LogP contribution in [0.25, 0.3) is 10.8 Å². The van der Waals surface area contributed by atoms with Crippen molar-refractivity contribution in [3.05, 3.63) is 69.4 Å². The van der Waals surface area contributed by atoms with E-state index in [1.807, 2.05) is 6.92 Å². The summed E-state index contributed by atoms with van der Waals surface area (Å²) in [6, 6.07) is 7.65. The number of fused-ring (bicyclic) bond motifs is 2. The maximum absolute atomic E-state index is 13.7. The van der Waals surface area contributed by atoms with E-state index in [2.05, 4.69) is 5.32 Å². The van der Waals surface area contributed by atoms with E-state index >= 15 is 0 Å². The molecule has 3 aromatic rings. The second-order valence-electron chi connectivity index (χ2n) is 7.29. The Morgan fingerprint density at radius 3 is 2.53 bits per heavy atom. The molecule has 6 nitrogen and oxygen atoms in total. The summed E-state index contributed by atoms with van der Waals surface area (Å²) in [6.07, 6.45) is 3.04. The van der Waals surface area contributed by atoms with E-state index in [0.717, 1.165) is 17.5 Å². The SMILES string of the molecule is CCn1cc(C(=O)NC2CCc3ccc(F)cc32)c2cc(OC)c(OC)cc2c1=O. The van der Waals surface area contributed by atoms with Gasteiger partial charge in [-0.1, -0.05) is 6.07 Å². The Morgan fingerprint density at radius 2 is 1.87 bits per heavy atom. The summed E-state index contributed by atoms with van der Waals surface area (Å²) in [5, 5.41) is 3.87. The lowest BCUT2D eigenvalue weighted by Gasteiger charge is -2.17. The van der Waals surface area contributed by atoms with Crippen LogP contribution in [0.1, 0.15) is 40.9 Å². The molecule has 1 unspecified atom stereocenters. The molecule has 0 bridgehead atoms. The molecule has 0 fully saturated rings. The van der Waals surface area contributed by atoms with Crippen molar-refractivity contribution < 1.29 is 18.7 Å². The number of benzene rings is 2. The number of methoxy groups -OCH3 is 2. The van der Waals surface area contributed by atoms with Crippen molar-refractivity contribution in [3.8, 4) is 11.5 Å². The molecule has 0 aliphatic heterocycles. The molecule has 0 radical (unpaired) electrons. The van der Waals surface area contributed by atoms with Gasteiger partial charge in [-0.2, -0.15) is 0 Å². The molecule has 0 saturated heterocycles. The van der Waals surface area contributed by atoms with E-state index in [0.29, 0.717) is 40.8 Å². The van der Waals surface area contributed by atoms with Gasteiger partial charge >= 0.3 is 0 Å². The number of ether oxygens (including phenoxy) is 2. The molecule has 7 heteroatoms. The van der Waals surface area contributed by atoms with Gasteiger partial charge in [-0.05, 0) is 55.2 Å². The molecule has 1 aliphatic carbocycles. The number of nitrogens with one attached hydrogen (secondary N) is 1. The van der Waals surface area contributed by atoms with Gasteiger partial charge in [-0.3, -0.25) is 9.59 Å². The van der Waals surface area contributed by atoms with Gasteiger partial charge in [0.15, 0.2) is 11.5 Å². The van der Waals surface area contributed by atoms with Crippen LogP contribution in [-0.4, -0.2) is 24.7 Å². The van der Waals surface area contributed by atoms with E-state index in [1.165, 1.54) is 30.9 Å². The topological polar surface area (TPSA) is 69.6 Å². The summed E-state index contributed by atoms with van der Waals surface area (Å²) < 4.78 is 25.9. The standard InChI is InChI=1S/C23H23FN2O4/c1-4-26-12-18(16-10-20(29-2)21(30-3)11-17(16)23(26)28)22(27)25-19-8-6-13-5-7-14(24)9-15(13)19/h5,7,9-12,19H,4,6,8H2,1-3H3,(H,25,27). The van der Waals surface area contributed by atoms with Gasteiger partial charge < -0.3 is 19.4 Å². The Bertz CT molecular complexity index is 1200. The third kappa shape index (κ3) is 3.30. The fraction of sp³-hybridized carbons (Fsp3) is 0.304. The van der Waals surface area contributed by atoms with Crippen LogP contribution in [0.5, 0.6) is 11.5 Å². The molecule has 0 spiro atoms. The Kier molecular flexibility index (Phi) is 5.20. The Balaban J connectivity index is 1.80. The molecule has 1 aromatic heterocycles. The molecule has 1 heterocycles. The second kappa shape index (κ2) is 7.82. The van der Waals surface area contributed by atoms with Crippen molar-refractivity contribution in [1.29, 1.82) is 0 Å². The van der Waals surface area contributed by atoms with E-state index in [1.54, 1.807) is 24.4 Å². The Labute approximate surface area is 173 Å². The zero-order chi connectivity index (χ0) is 21.4. The highest BCUT2D eigenvalue weighted by molar-refractivity contribution is 6.07. The minimum Gasteiger partial charge on any atom is -0.493 e. The van der Waals surface area contributed by atoms with Crippen LogP contribution in [0.15, 0.2) is 41.3 Å². The van der Waals surface area contributed by atoms with Crippen molar-refractivity contribution in [3.63, 3.8) is 0 Å². The average Bonchev–Trinajstić information content (AvgIpc) is 3.14. The van der Waals surface area contributed by atoms with Gasteiger partial charge in [0.1, 0.15) is 5.82 Å². The minimum absolute atomic E-state index is 0.210. The maximum atomic E-state index is 13.7. The summed E-state index contributed by atoms with van der Waals surface area (Å²) in [4.78, 5) is 26.1. The lowest BCUT2D eigenvalue weighted by molar-refractivity contribution is 0.0937. The van der Waals surface area contributed by atoms with Crippen LogP contribution >= 0.6 is 0 Å². The number of hydrogen-bond donors (Lipinski definition) is 1. The van der Waals surface area contributed by atoms with Gasteiger partial charge in [-0.25, -0.2) is 4.39 Å². The fourth-order valence-electron chi connectivity index (χ4n) is 4.09. The van der Waals surface area contributed by atoms with Gasteiger partial charge in [0.2, 0.25) is 0 Å². The highest BCUT2D eigenvalue weighted by Gasteiger charge is 2.26. The number of hydrogen-bond acceptors (Lipinski definition) is 4. The van der Waals surface area contributed by atoms with Crippen LogP contribution in [-0.2, 0) is 13.0 Å². The Morgan fingerprint density at radius 1 is 1.17 bits per heavy atom. The smallest absolute Gasteiger partial charge is 0.258 e. The third-order valence-corrected chi connectivity index (χ3v) is 5.67. The van der Waals surface area contributed by atoms with Crippen LogP contribution in [0.3, 0.4) is 0 Å². The number of rotatable bonds is 5. The first-order valence-corrected chi connectivity index (χ1v) is 9.85. The van der Waals surface area contributed by atoms with E-state index in [9.17, 15) is 14.0 Å². The molecule has 4 rings (SSSR count). The quantitative estimate of drug-likeness (QED) is 0.698. The van der Waals surface area contributed by atoms with Crippen molar-refractivity contribution >= 4 is 16.7 Å². The van der Waals surface area contributed by atoms with E-state index in [4.69, 9.17) is 9.47 Å². The van der Waals surface area contributed by atoms with Crippen molar-refractivity contribution in [1.82, 2.24) is 9.88 Å². The summed E-state index contributed by atoms with van der Waals surface area (Å²) in [5.74, 6) is 0.205. The zero-order valence-corrected chi connectivity index (χ0v) is 17.1. The molecule has 1 atom stereocenters. The average molecular weight is 410 g/mol. The maximum Gasteiger partial charge on any atom is 0.258 e. The number of pyridine rings is 1. The van der Waals surface area contributed by atoms with E-state index in [-0.39, 0.29) is 23.3 Å². The molecule has 1 aliphatic rings. The predicted octanol–water partition coefficient (Wildman–Crippen LogP) is 3.60. The van der Waals surface area contributed by atoms with Gasteiger partial charge in [-0.15, -0.1) is 0 Å². The van der Waals surface area contributed by atoms with E-state index < -0.39 is 0 Å². The highest BCUT2D eigenvalue weighted by Crippen LogP contribution is 2.34. The zero-order valence-electron chi connectivity index (χ0n) is 17.1. The number of halogens is 1. The number of aromatic nitrogens is 1. The molecule has 2 aromatic carbocycles. The summed E-state index contributed by atoms with van der Waals surface area (Å²) >= 11 is 0. The van der Waals surface area contributed by atoms with Gasteiger partial charge in [0.25, 0.3) is 11.5 Å². The molecular formula is C23H23FN2O4. The third-order valence-electron chi connectivity index (χ3n) is 5.67. The number of aryl methyl sites for hydroxylation is 2. The van der Waals surface area contributed by atoms with Crippen LogP contribution in [0.4, 0.5) is 4.39 Å². The normalized spacial score (nSPS) is 15.1. The van der Waals surface area contributed by atoms with Gasteiger partial charge in [0, 0.05) is 18.1 Å². The van der Waals surface area contributed by atoms with Crippen LogP contribution in [0, 0.1) is 5.82 Å². The molecule has 1 amide bonds.